The van der Waals surface area contributed by atoms with Crippen LogP contribution in [-0.4, -0.2) is 33.3 Å². The Kier molecular flexibility index (Phi) is 3.84. The number of carboxylic acids is 1. The molecule has 1 rings (SSSR count). The standard InChI is InChI=1S/C13H21NO4/c1-5-6-13(4,11(17)18)14-9(15)7-12(2,3)8-10(14)16/h5-8H2,1-4H3,(H,17,18). The first kappa shape index (κ1) is 14.7. The van der Waals surface area contributed by atoms with Crippen LogP contribution in [0.1, 0.15) is 53.4 Å². The number of imide groups is 1. The summed E-state index contributed by atoms with van der Waals surface area (Å²) in [5.41, 5.74) is -1.80. The highest BCUT2D eigenvalue weighted by molar-refractivity contribution is 6.03. The molecule has 0 aromatic rings. The van der Waals surface area contributed by atoms with E-state index < -0.39 is 11.5 Å². The Balaban J connectivity index is 3.10. The monoisotopic (exact) mass is 255 g/mol. The number of aliphatic carboxylic acids is 1. The smallest absolute Gasteiger partial charge is 0.329 e. The minimum atomic E-state index is -1.42. The van der Waals surface area contributed by atoms with Gasteiger partial charge in [0.2, 0.25) is 11.8 Å². The van der Waals surface area contributed by atoms with Gasteiger partial charge in [-0.1, -0.05) is 27.2 Å². The Labute approximate surface area is 107 Å². The molecule has 102 valence electrons. The molecule has 0 aromatic carbocycles. The van der Waals surface area contributed by atoms with E-state index in [9.17, 15) is 19.5 Å². The van der Waals surface area contributed by atoms with Crippen LogP contribution in [0.15, 0.2) is 0 Å². The van der Waals surface area contributed by atoms with Crippen LogP contribution in [0.4, 0.5) is 0 Å². The van der Waals surface area contributed by atoms with Crippen LogP contribution in [-0.2, 0) is 14.4 Å². The Morgan fingerprint density at radius 1 is 1.33 bits per heavy atom. The fourth-order valence-electron chi connectivity index (χ4n) is 2.53. The first-order valence-corrected chi connectivity index (χ1v) is 6.23. The van der Waals surface area contributed by atoms with Gasteiger partial charge >= 0.3 is 5.97 Å². The zero-order chi connectivity index (χ0) is 14.1. The highest BCUT2D eigenvalue weighted by atomic mass is 16.4. The van der Waals surface area contributed by atoms with Gasteiger partial charge in [0.25, 0.3) is 0 Å². The summed E-state index contributed by atoms with van der Waals surface area (Å²) in [7, 11) is 0. The molecule has 0 aliphatic carbocycles. The normalized spacial score (nSPS) is 22.8. The second-order valence-electron chi connectivity index (χ2n) is 5.97. The Hall–Kier alpha value is -1.39. The number of rotatable bonds is 4. The number of likely N-dealkylation sites (tertiary alicyclic amines) is 1. The van der Waals surface area contributed by atoms with Crippen molar-refractivity contribution in [3.63, 3.8) is 0 Å². The van der Waals surface area contributed by atoms with Crippen molar-refractivity contribution in [3.8, 4) is 0 Å². The predicted octanol–water partition coefficient (Wildman–Crippen LogP) is 1.80. The second-order valence-corrected chi connectivity index (χ2v) is 5.97. The van der Waals surface area contributed by atoms with Crippen molar-refractivity contribution in [2.24, 2.45) is 5.41 Å². The first-order chi connectivity index (χ1) is 8.14. The molecule has 0 radical (unpaired) electrons. The van der Waals surface area contributed by atoms with Gasteiger partial charge in [0.1, 0.15) is 5.54 Å². The summed E-state index contributed by atoms with van der Waals surface area (Å²) in [6, 6.07) is 0. The molecule has 1 atom stereocenters. The van der Waals surface area contributed by atoms with Crippen LogP contribution in [0.5, 0.6) is 0 Å². The van der Waals surface area contributed by atoms with Crippen LogP contribution in [0.3, 0.4) is 0 Å². The van der Waals surface area contributed by atoms with Crippen LogP contribution < -0.4 is 0 Å². The number of hydrogen-bond donors (Lipinski definition) is 1. The third-order valence-corrected chi connectivity index (χ3v) is 3.45. The van der Waals surface area contributed by atoms with E-state index >= 15 is 0 Å². The van der Waals surface area contributed by atoms with Crippen molar-refractivity contribution in [1.29, 1.82) is 0 Å². The molecule has 1 saturated heterocycles. The molecule has 0 spiro atoms. The topological polar surface area (TPSA) is 74.7 Å². The Morgan fingerprint density at radius 3 is 2.11 bits per heavy atom. The molecule has 1 aliphatic heterocycles. The number of piperidine rings is 1. The number of amides is 2. The molecule has 0 bridgehead atoms. The number of hydrogen-bond acceptors (Lipinski definition) is 3. The van der Waals surface area contributed by atoms with Crippen LogP contribution in [0.25, 0.3) is 0 Å². The minimum absolute atomic E-state index is 0.214. The average Bonchev–Trinajstić information content (AvgIpc) is 2.13. The van der Waals surface area contributed by atoms with Crippen molar-refractivity contribution >= 4 is 17.8 Å². The van der Waals surface area contributed by atoms with Crippen LogP contribution >= 0.6 is 0 Å². The zero-order valence-corrected chi connectivity index (χ0v) is 11.4. The summed E-state index contributed by atoms with van der Waals surface area (Å²) in [6.45, 7) is 6.98. The molecule has 0 saturated carbocycles. The zero-order valence-electron chi connectivity index (χ0n) is 11.4. The largest absolute Gasteiger partial charge is 0.479 e. The second kappa shape index (κ2) is 4.71. The molecule has 18 heavy (non-hydrogen) atoms. The lowest BCUT2D eigenvalue weighted by Gasteiger charge is -2.42. The maximum absolute atomic E-state index is 12.1. The minimum Gasteiger partial charge on any atom is -0.479 e. The average molecular weight is 255 g/mol. The van der Waals surface area contributed by atoms with Gasteiger partial charge in [0.15, 0.2) is 0 Å². The van der Waals surface area contributed by atoms with Crippen LogP contribution in [0.2, 0.25) is 0 Å². The Morgan fingerprint density at radius 2 is 1.78 bits per heavy atom. The van der Waals surface area contributed by atoms with Crippen molar-refractivity contribution in [3.05, 3.63) is 0 Å². The maximum Gasteiger partial charge on any atom is 0.329 e. The van der Waals surface area contributed by atoms with Gasteiger partial charge in [-0.25, -0.2) is 4.79 Å². The molecule has 1 heterocycles. The van der Waals surface area contributed by atoms with E-state index in [0.717, 1.165) is 4.90 Å². The third kappa shape index (κ3) is 2.54. The molecule has 1 fully saturated rings. The highest BCUT2D eigenvalue weighted by Gasteiger charge is 2.49. The van der Waals surface area contributed by atoms with Gasteiger partial charge in [-0.05, 0) is 18.8 Å². The SMILES string of the molecule is CCCC(C)(C(=O)O)N1C(=O)CC(C)(C)CC1=O. The summed E-state index contributed by atoms with van der Waals surface area (Å²) in [4.78, 5) is 36.6. The van der Waals surface area contributed by atoms with E-state index in [1.54, 1.807) is 0 Å². The van der Waals surface area contributed by atoms with E-state index in [4.69, 9.17) is 0 Å². The summed E-state index contributed by atoms with van der Waals surface area (Å²) < 4.78 is 0. The van der Waals surface area contributed by atoms with Gasteiger partial charge in [-0.15, -0.1) is 0 Å². The van der Waals surface area contributed by atoms with E-state index in [-0.39, 0.29) is 36.5 Å². The lowest BCUT2D eigenvalue weighted by molar-refractivity contribution is -0.171. The number of carbonyl (C=O) groups excluding carboxylic acids is 2. The van der Waals surface area contributed by atoms with Gasteiger partial charge < -0.3 is 5.11 Å². The van der Waals surface area contributed by atoms with E-state index in [2.05, 4.69) is 0 Å². The number of carboxylic acid groups (broad SMARTS) is 1. The summed E-state index contributed by atoms with van der Waals surface area (Å²) in [5, 5.41) is 9.34. The fraction of sp³-hybridized carbons (Fsp3) is 0.769. The summed E-state index contributed by atoms with van der Waals surface area (Å²) >= 11 is 0. The fourth-order valence-corrected chi connectivity index (χ4v) is 2.53. The third-order valence-electron chi connectivity index (χ3n) is 3.45. The number of carbonyl (C=O) groups is 3. The summed E-state index contributed by atoms with van der Waals surface area (Å²) in [5.74, 6) is -1.88. The molecular formula is C13H21NO4. The number of nitrogens with zero attached hydrogens (tertiary/aromatic N) is 1. The Bertz CT molecular complexity index is 368. The lowest BCUT2D eigenvalue weighted by atomic mass is 9.79. The van der Waals surface area contributed by atoms with E-state index in [0.29, 0.717) is 6.42 Å². The molecule has 5 nitrogen and oxygen atoms in total. The lowest BCUT2D eigenvalue weighted by Crippen LogP contribution is -2.61. The predicted molar refractivity (Wildman–Crippen MR) is 65.8 cm³/mol. The van der Waals surface area contributed by atoms with E-state index in [1.807, 2.05) is 20.8 Å². The van der Waals surface area contributed by atoms with Crippen molar-refractivity contribution in [2.75, 3.05) is 0 Å². The first-order valence-electron chi connectivity index (χ1n) is 6.23. The molecule has 1 unspecified atom stereocenters. The molecule has 1 aliphatic rings. The van der Waals surface area contributed by atoms with Crippen molar-refractivity contribution < 1.29 is 19.5 Å². The van der Waals surface area contributed by atoms with Gasteiger partial charge in [0, 0.05) is 12.8 Å². The molecule has 0 aromatic heterocycles. The van der Waals surface area contributed by atoms with Crippen molar-refractivity contribution in [2.45, 2.75) is 58.9 Å². The quantitative estimate of drug-likeness (QED) is 0.777. The van der Waals surface area contributed by atoms with Gasteiger partial charge in [-0.3, -0.25) is 14.5 Å². The highest BCUT2D eigenvalue weighted by Crippen LogP contribution is 2.36. The molecule has 1 N–H and O–H groups in total. The van der Waals surface area contributed by atoms with Crippen molar-refractivity contribution in [1.82, 2.24) is 4.90 Å². The van der Waals surface area contributed by atoms with E-state index in [1.165, 1.54) is 6.92 Å². The van der Waals surface area contributed by atoms with Crippen LogP contribution in [0, 0.1) is 5.41 Å². The molecule has 5 heteroatoms. The summed E-state index contributed by atoms with van der Waals surface area (Å²) in [6.07, 6.45) is 1.31. The maximum atomic E-state index is 12.1. The molecular weight excluding hydrogens is 234 g/mol. The van der Waals surface area contributed by atoms with Gasteiger partial charge in [-0.2, -0.15) is 0 Å². The van der Waals surface area contributed by atoms with Gasteiger partial charge in [0.05, 0.1) is 0 Å². The molecule has 2 amide bonds.